The average molecular weight is 315 g/mol. The van der Waals surface area contributed by atoms with Crippen molar-refractivity contribution in [3.05, 3.63) is 52.4 Å². The van der Waals surface area contributed by atoms with Crippen LogP contribution in [0.2, 0.25) is 5.15 Å². The molecule has 0 unspecified atom stereocenters. The summed E-state index contributed by atoms with van der Waals surface area (Å²) < 4.78 is 2.11. The summed E-state index contributed by atoms with van der Waals surface area (Å²) in [4.78, 5) is 9.28. The van der Waals surface area contributed by atoms with Gasteiger partial charge in [-0.1, -0.05) is 36.7 Å². The van der Waals surface area contributed by atoms with Gasteiger partial charge in [-0.05, 0) is 43.1 Å². The maximum Gasteiger partial charge on any atom is 0.166 e. The van der Waals surface area contributed by atoms with Gasteiger partial charge in [0.15, 0.2) is 5.65 Å². The smallest absolute Gasteiger partial charge is 0.166 e. The number of benzene rings is 1. The van der Waals surface area contributed by atoms with Crippen molar-refractivity contribution < 1.29 is 0 Å². The van der Waals surface area contributed by atoms with Crippen molar-refractivity contribution in [3.8, 4) is 5.69 Å². The summed E-state index contributed by atoms with van der Waals surface area (Å²) in [7, 11) is 0. The highest BCUT2D eigenvalue weighted by molar-refractivity contribution is 6.29. The Morgan fingerprint density at radius 3 is 2.73 bits per heavy atom. The first kappa shape index (κ1) is 15.0. The van der Waals surface area contributed by atoms with E-state index in [-0.39, 0.29) is 0 Å². The Kier molecular flexibility index (Phi) is 4.14. The number of nitrogens with two attached hydrogens (primary N) is 1. The number of imidazole rings is 1. The molecule has 3 aromatic rings. The molecule has 0 aliphatic heterocycles. The third-order valence-electron chi connectivity index (χ3n) is 3.81. The molecule has 0 atom stereocenters. The van der Waals surface area contributed by atoms with Gasteiger partial charge in [0.2, 0.25) is 0 Å². The van der Waals surface area contributed by atoms with Gasteiger partial charge in [0.05, 0.1) is 5.69 Å². The summed E-state index contributed by atoms with van der Waals surface area (Å²) in [6, 6.07) is 10.1. The molecule has 22 heavy (non-hydrogen) atoms. The van der Waals surface area contributed by atoms with Gasteiger partial charge in [-0.15, -0.1) is 0 Å². The zero-order valence-corrected chi connectivity index (χ0v) is 13.6. The zero-order valence-electron chi connectivity index (χ0n) is 12.8. The van der Waals surface area contributed by atoms with Crippen molar-refractivity contribution in [1.29, 1.82) is 0 Å². The number of aromatic nitrogens is 3. The first-order valence-electron chi connectivity index (χ1n) is 7.48. The van der Waals surface area contributed by atoms with Crippen LogP contribution in [-0.2, 0) is 12.8 Å². The van der Waals surface area contributed by atoms with Gasteiger partial charge >= 0.3 is 0 Å². The van der Waals surface area contributed by atoms with E-state index >= 15 is 0 Å². The number of halogens is 1. The molecule has 0 aliphatic carbocycles. The molecule has 0 amide bonds. The first-order chi connectivity index (χ1) is 10.7. The van der Waals surface area contributed by atoms with E-state index in [9.17, 15) is 0 Å². The molecule has 1 aromatic carbocycles. The summed E-state index contributed by atoms with van der Waals surface area (Å²) in [5, 5.41) is 0.491. The molecule has 0 saturated carbocycles. The Hall–Kier alpha value is -1.91. The molecule has 0 saturated heterocycles. The highest BCUT2D eigenvalue weighted by Gasteiger charge is 2.16. The van der Waals surface area contributed by atoms with Crippen molar-refractivity contribution >= 4 is 22.8 Å². The number of pyridine rings is 1. The van der Waals surface area contributed by atoms with E-state index in [1.54, 1.807) is 0 Å². The SMILES string of the molecule is CCc1nc2c(C)cc(Cl)nc2n1-c1ccccc1CCN. The second kappa shape index (κ2) is 6.07. The van der Waals surface area contributed by atoms with Gasteiger partial charge in [0, 0.05) is 6.42 Å². The summed E-state index contributed by atoms with van der Waals surface area (Å²) in [5.41, 5.74) is 10.8. The maximum absolute atomic E-state index is 6.16. The Balaban J connectivity index is 2.35. The summed E-state index contributed by atoms with van der Waals surface area (Å²) >= 11 is 6.16. The third-order valence-corrected chi connectivity index (χ3v) is 4.00. The predicted molar refractivity (Wildman–Crippen MR) is 90.7 cm³/mol. The fourth-order valence-electron chi connectivity index (χ4n) is 2.79. The van der Waals surface area contributed by atoms with Crippen molar-refractivity contribution in [2.75, 3.05) is 6.54 Å². The molecule has 3 rings (SSSR count). The predicted octanol–water partition coefficient (Wildman–Crippen LogP) is 3.45. The molecule has 0 radical (unpaired) electrons. The second-order valence-electron chi connectivity index (χ2n) is 5.32. The average Bonchev–Trinajstić information content (AvgIpc) is 2.87. The molecule has 2 N–H and O–H groups in total. The van der Waals surface area contributed by atoms with Crippen LogP contribution in [0.25, 0.3) is 16.9 Å². The molecule has 2 aromatic heterocycles. The number of fused-ring (bicyclic) bond motifs is 1. The van der Waals surface area contributed by atoms with Crippen LogP contribution in [-0.4, -0.2) is 21.1 Å². The van der Waals surface area contributed by atoms with E-state index in [1.807, 2.05) is 25.1 Å². The topological polar surface area (TPSA) is 56.7 Å². The second-order valence-corrected chi connectivity index (χ2v) is 5.71. The van der Waals surface area contributed by atoms with Crippen LogP contribution in [0.15, 0.2) is 30.3 Å². The van der Waals surface area contributed by atoms with Gasteiger partial charge in [0.1, 0.15) is 16.5 Å². The standard InChI is InChI=1S/C17H19ClN4/c1-3-15-21-16-11(2)10-14(18)20-17(16)22(15)13-7-5-4-6-12(13)8-9-19/h4-7,10H,3,8-9,19H2,1-2H3. The van der Waals surface area contributed by atoms with Crippen molar-refractivity contribution in [3.63, 3.8) is 0 Å². The lowest BCUT2D eigenvalue weighted by Gasteiger charge is -2.13. The minimum atomic E-state index is 0.491. The molecular formula is C17H19ClN4. The molecule has 0 fully saturated rings. The minimum Gasteiger partial charge on any atom is -0.330 e. The summed E-state index contributed by atoms with van der Waals surface area (Å²) in [5.74, 6) is 0.984. The summed E-state index contributed by atoms with van der Waals surface area (Å²) in [6.45, 7) is 4.72. The van der Waals surface area contributed by atoms with Crippen LogP contribution in [0.4, 0.5) is 0 Å². The van der Waals surface area contributed by atoms with E-state index in [0.29, 0.717) is 11.7 Å². The monoisotopic (exact) mass is 314 g/mol. The number of nitrogens with zero attached hydrogens (tertiary/aromatic N) is 3. The number of rotatable bonds is 4. The number of aryl methyl sites for hydroxylation is 2. The fraction of sp³-hybridized carbons (Fsp3) is 0.294. The molecule has 5 heteroatoms. The molecule has 4 nitrogen and oxygen atoms in total. The minimum absolute atomic E-state index is 0.491. The molecule has 114 valence electrons. The molecular weight excluding hydrogens is 296 g/mol. The highest BCUT2D eigenvalue weighted by atomic mass is 35.5. The van der Waals surface area contributed by atoms with Crippen molar-refractivity contribution in [2.45, 2.75) is 26.7 Å². The lowest BCUT2D eigenvalue weighted by atomic mass is 10.1. The molecule has 2 heterocycles. The number of para-hydroxylation sites is 1. The Morgan fingerprint density at radius 2 is 2.00 bits per heavy atom. The van der Waals surface area contributed by atoms with Gasteiger partial charge in [0.25, 0.3) is 0 Å². The van der Waals surface area contributed by atoms with E-state index in [4.69, 9.17) is 22.3 Å². The highest BCUT2D eigenvalue weighted by Crippen LogP contribution is 2.27. The van der Waals surface area contributed by atoms with Crippen molar-refractivity contribution in [2.24, 2.45) is 5.73 Å². The fourth-order valence-corrected chi connectivity index (χ4v) is 3.04. The Bertz CT molecular complexity index is 823. The van der Waals surface area contributed by atoms with Crippen molar-refractivity contribution in [1.82, 2.24) is 14.5 Å². The maximum atomic E-state index is 6.16. The molecule has 0 spiro atoms. The Labute approximate surface area is 134 Å². The third kappa shape index (κ3) is 2.49. The van der Waals surface area contributed by atoms with Gasteiger partial charge in [-0.2, -0.15) is 0 Å². The van der Waals surface area contributed by atoms with E-state index in [0.717, 1.165) is 41.1 Å². The largest absolute Gasteiger partial charge is 0.330 e. The van der Waals surface area contributed by atoms with E-state index < -0.39 is 0 Å². The molecule has 0 aliphatic rings. The Morgan fingerprint density at radius 1 is 1.23 bits per heavy atom. The zero-order chi connectivity index (χ0) is 15.7. The van der Waals surface area contributed by atoms with Crippen LogP contribution in [0, 0.1) is 6.92 Å². The van der Waals surface area contributed by atoms with Gasteiger partial charge < -0.3 is 5.73 Å². The van der Waals surface area contributed by atoms with E-state index in [1.165, 1.54) is 5.56 Å². The summed E-state index contributed by atoms with van der Waals surface area (Å²) in [6.07, 6.45) is 1.64. The normalized spacial score (nSPS) is 11.3. The molecule has 0 bridgehead atoms. The van der Waals surface area contributed by atoms with Crippen LogP contribution in [0.3, 0.4) is 0 Å². The van der Waals surface area contributed by atoms with Crippen LogP contribution >= 0.6 is 11.6 Å². The van der Waals surface area contributed by atoms with Crippen LogP contribution in [0.5, 0.6) is 0 Å². The lowest BCUT2D eigenvalue weighted by Crippen LogP contribution is -2.09. The lowest BCUT2D eigenvalue weighted by molar-refractivity contribution is 0.876. The quantitative estimate of drug-likeness (QED) is 0.750. The van der Waals surface area contributed by atoms with Crippen LogP contribution in [0.1, 0.15) is 23.9 Å². The van der Waals surface area contributed by atoms with E-state index in [2.05, 4.69) is 28.6 Å². The van der Waals surface area contributed by atoms with Gasteiger partial charge in [-0.3, -0.25) is 4.57 Å². The number of hydrogen-bond donors (Lipinski definition) is 1. The first-order valence-corrected chi connectivity index (χ1v) is 7.86. The number of hydrogen-bond acceptors (Lipinski definition) is 3. The van der Waals surface area contributed by atoms with Crippen LogP contribution < -0.4 is 5.73 Å². The van der Waals surface area contributed by atoms with Gasteiger partial charge in [-0.25, -0.2) is 9.97 Å².